The molecule has 1 aromatic rings. The van der Waals surface area contributed by atoms with E-state index < -0.39 is 0 Å². The van der Waals surface area contributed by atoms with Crippen LogP contribution >= 0.6 is 31.9 Å². The van der Waals surface area contributed by atoms with Gasteiger partial charge in [0.25, 0.3) is 0 Å². The molecule has 3 unspecified atom stereocenters. The molecule has 0 aliphatic heterocycles. The standard InChI is InChI=1S/C11H18Br2N2O2/c1-6(5-16)7(2)15-9(4-14)10-3-8(12)11(13)17-10/h3,6-7,9,15-16H,4-5,14H2,1-2H3. The fourth-order valence-corrected chi connectivity index (χ4v) is 2.05. The van der Waals surface area contributed by atoms with E-state index in [0.29, 0.717) is 11.2 Å². The summed E-state index contributed by atoms with van der Waals surface area (Å²) in [7, 11) is 0. The molecular weight excluding hydrogens is 352 g/mol. The lowest BCUT2D eigenvalue weighted by molar-refractivity contribution is 0.198. The van der Waals surface area contributed by atoms with Crippen molar-refractivity contribution in [3.8, 4) is 0 Å². The Bertz CT molecular complexity index is 338. The van der Waals surface area contributed by atoms with Crippen molar-refractivity contribution in [2.75, 3.05) is 13.2 Å². The number of rotatable bonds is 6. The molecule has 1 heterocycles. The first-order valence-electron chi connectivity index (χ1n) is 5.51. The average Bonchev–Trinajstić information content (AvgIpc) is 2.64. The van der Waals surface area contributed by atoms with E-state index in [0.717, 1.165) is 10.2 Å². The van der Waals surface area contributed by atoms with Gasteiger partial charge in [0.15, 0.2) is 4.67 Å². The summed E-state index contributed by atoms with van der Waals surface area (Å²) in [4.78, 5) is 0. The van der Waals surface area contributed by atoms with Gasteiger partial charge in [-0.25, -0.2) is 0 Å². The number of furan rings is 1. The maximum Gasteiger partial charge on any atom is 0.183 e. The van der Waals surface area contributed by atoms with Gasteiger partial charge in [0.2, 0.25) is 0 Å². The normalized spacial score (nSPS) is 16.8. The van der Waals surface area contributed by atoms with Gasteiger partial charge < -0.3 is 20.6 Å². The second-order valence-electron chi connectivity index (χ2n) is 4.17. The SMILES string of the molecule is CC(CO)C(C)NC(CN)c1cc(Br)c(Br)o1. The summed E-state index contributed by atoms with van der Waals surface area (Å²) in [5, 5.41) is 12.5. The monoisotopic (exact) mass is 368 g/mol. The molecule has 0 spiro atoms. The van der Waals surface area contributed by atoms with Crippen molar-refractivity contribution < 1.29 is 9.52 Å². The predicted octanol–water partition coefficient (Wildman–Crippen LogP) is 2.41. The Morgan fingerprint density at radius 2 is 2.12 bits per heavy atom. The number of halogens is 2. The van der Waals surface area contributed by atoms with Crippen LogP contribution in [0.3, 0.4) is 0 Å². The number of hydrogen-bond donors (Lipinski definition) is 3. The van der Waals surface area contributed by atoms with Gasteiger partial charge in [-0.3, -0.25) is 0 Å². The quantitative estimate of drug-likeness (QED) is 0.720. The summed E-state index contributed by atoms with van der Waals surface area (Å²) in [5.74, 6) is 0.953. The van der Waals surface area contributed by atoms with Crippen LogP contribution in [0.2, 0.25) is 0 Å². The Labute approximate surface area is 118 Å². The van der Waals surface area contributed by atoms with Crippen LogP contribution in [-0.2, 0) is 0 Å². The molecule has 0 radical (unpaired) electrons. The number of hydrogen-bond acceptors (Lipinski definition) is 4. The maximum absolute atomic E-state index is 9.10. The minimum absolute atomic E-state index is 0.0541. The molecule has 0 aliphatic carbocycles. The molecule has 1 rings (SSSR count). The number of aliphatic hydroxyl groups is 1. The van der Waals surface area contributed by atoms with Crippen LogP contribution in [0, 0.1) is 5.92 Å². The molecule has 0 saturated heterocycles. The van der Waals surface area contributed by atoms with Gasteiger partial charge in [0.1, 0.15) is 5.76 Å². The molecular formula is C11H18Br2N2O2. The van der Waals surface area contributed by atoms with Crippen LogP contribution < -0.4 is 11.1 Å². The van der Waals surface area contributed by atoms with Crippen molar-refractivity contribution in [3.05, 3.63) is 21.0 Å². The molecule has 6 heteroatoms. The predicted molar refractivity (Wildman–Crippen MR) is 74.8 cm³/mol. The lowest BCUT2D eigenvalue weighted by Crippen LogP contribution is -2.39. The van der Waals surface area contributed by atoms with E-state index in [1.165, 1.54) is 0 Å². The maximum atomic E-state index is 9.10. The first-order chi connectivity index (χ1) is 7.99. The van der Waals surface area contributed by atoms with E-state index in [1.54, 1.807) is 0 Å². The van der Waals surface area contributed by atoms with Crippen LogP contribution in [0.15, 0.2) is 19.6 Å². The van der Waals surface area contributed by atoms with E-state index in [-0.39, 0.29) is 24.6 Å². The van der Waals surface area contributed by atoms with Crippen LogP contribution in [0.4, 0.5) is 0 Å². The Hall–Kier alpha value is 0.120. The summed E-state index contributed by atoms with van der Waals surface area (Å²) >= 11 is 6.67. The summed E-state index contributed by atoms with van der Waals surface area (Å²) in [6.07, 6.45) is 0. The van der Waals surface area contributed by atoms with Crippen molar-refractivity contribution in [2.45, 2.75) is 25.9 Å². The second kappa shape index (κ2) is 6.89. The first-order valence-corrected chi connectivity index (χ1v) is 7.09. The highest BCUT2D eigenvalue weighted by Gasteiger charge is 2.20. The molecule has 0 aromatic carbocycles. The van der Waals surface area contributed by atoms with E-state index in [2.05, 4.69) is 37.2 Å². The van der Waals surface area contributed by atoms with Gasteiger partial charge >= 0.3 is 0 Å². The summed E-state index contributed by atoms with van der Waals surface area (Å²) in [6.45, 7) is 4.60. The molecule has 17 heavy (non-hydrogen) atoms. The zero-order valence-electron chi connectivity index (χ0n) is 9.91. The molecule has 4 nitrogen and oxygen atoms in total. The fourth-order valence-electron chi connectivity index (χ4n) is 1.44. The molecule has 98 valence electrons. The fraction of sp³-hybridized carbons (Fsp3) is 0.636. The Balaban J connectivity index is 2.72. The van der Waals surface area contributed by atoms with Crippen LogP contribution in [0.1, 0.15) is 25.6 Å². The van der Waals surface area contributed by atoms with Gasteiger partial charge in [-0.05, 0) is 50.8 Å². The zero-order valence-corrected chi connectivity index (χ0v) is 13.1. The molecule has 0 aliphatic rings. The number of nitrogens with one attached hydrogen (secondary N) is 1. The van der Waals surface area contributed by atoms with Crippen molar-refractivity contribution in [1.82, 2.24) is 5.32 Å². The second-order valence-corrected chi connectivity index (χ2v) is 5.75. The van der Waals surface area contributed by atoms with E-state index in [1.807, 2.05) is 19.9 Å². The molecule has 0 bridgehead atoms. The first kappa shape index (κ1) is 15.2. The Morgan fingerprint density at radius 1 is 1.47 bits per heavy atom. The third-order valence-electron chi connectivity index (χ3n) is 2.85. The third-order valence-corrected chi connectivity index (χ3v) is 4.56. The lowest BCUT2D eigenvalue weighted by atomic mass is 10.0. The smallest absolute Gasteiger partial charge is 0.183 e. The van der Waals surface area contributed by atoms with E-state index in [4.69, 9.17) is 15.3 Å². The van der Waals surface area contributed by atoms with Gasteiger partial charge in [0.05, 0.1) is 10.5 Å². The van der Waals surface area contributed by atoms with E-state index in [9.17, 15) is 0 Å². The average molecular weight is 370 g/mol. The van der Waals surface area contributed by atoms with Crippen molar-refractivity contribution in [2.24, 2.45) is 11.7 Å². The van der Waals surface area contributed by atoms with Gasteiger partial charge in [-0.1, -0.05) is 6.92 Å². The minimum Gasteiger partial charge on any atom is -0.451 e. The summed E-state index contributed by atoms with van der Waals surface area (Å²) in [6, 6.07) is 2.00. The van der Waals surface area contributed by atoms with Crippen molar-refractivity contribution in [1.29, 1.82) is 0 Å². The molecule has 1 aromatic heterocycles. The third kappa shape index (κ3) is 4.06. The lowest BCUT2D eigenvalue weighted by Gasteiger charge is -2.24. The topological polar surface area (TPSA) is 71.4 Å². The Morgan fingerprint density at radius 3 is 2.53 bits per heavy atom. The van der Waals surface area contributed by atoms with Crippen LogP contribution in [0.25, 0.3) is 0 Å². The van der Waals surface area contributed by atoms with Gasteiger partial charge in [-0.2, -0.15) is 0 Å². The number of nitrogens with two attached hydrogens (primary N) is 1. The largest absolute Gasteiger partial charge is 0.451 e. The van der Waals surface area contributed by atoms with Gasteiger partial charge in [0, 0.05) is 19.2 Å². The highest BCUT2D eigenvalue weighted by atomic mass is 79.9. The highest BCUT2D eigenvalue weighted by Crippen LogP contribution is 2.30. The molecule has 0 saturated carbocycles. The minimum atomic E-state index is -0.0541. The molecule has 0 fully saturated rings. The molecule has 4 N–H and O–H groups in total. The van der Waals surface area contributed by atoms with Crippen molar-refractivity contribution in [3.63, 3.8) is 0 Å². The van der Waals surface area contributed by atoms with Crippen LogP contribution in [-0.4, -0.2) is 24.3 Å². The van der Waals surface area contributed by atoms with Gasteiger partial charge in [-0.15, -0.1) is 0 Å². The summed E-state index contributed by atoms with van der Waals surface area (Å²) < 4.78 is 7.08. The zero-order chi connectivity index (χ0) is 13.0. The molecule has 3 atom stereocenters. The summed E-state index contributed by atoms with van der Waals surface area (Å²) in [5.41, 5.74) is 5.74. The van der Waals surface area contributed by atoms with E-state index >= 15 is 0 Å². The highest BCUT2D eigenvalue weighted by molar-refractivity contribution is 9.13. The van der Waals surface area contributed by atoms with Crippen molar-refractivity contribution >= 4 is 31.9 Å². The van der Waals surface area contributed by atoms with Crippen LogP contribution in [0.5, 0.6) is 0 Å². The molecule has 0 amide bonds. The number of aliphatic hydroxyl groups excluding tert-OH is 1. The Kier molecular flexibility index (Phi) is 6.16.